The number of hydrogen-bond donors (Lipinski definition) is 1. The molecule has 25 heavy (non-hydrogen) atoms. The molecule has 2 atom stereocenters. The molecule has 0 aliphatic carbocycles. The summed E-state index contributed by atoms with van der Waals surface area (Å²) in [5, 5.41) is 10.4. The standard InChI is InChI=1S/C21H26FO2P/c1-21(2,23)19-10-5-4-8-17(19)11-12-20(24-3)18-9-6-7-16(15-18)13-14-25-22/h4-10,13-15,20,23,25H,11-12H2,1-3H3/b14-13+/t20-/m0/s1. The van der Waals surface area contributed by atoms with Crippen LogP contribution >= 0.6 is 8.89 Å². The largest absolute Gasteiger partial charge is 0.386 e. The highest BCUT2D eigenvalue weighted by Crippen LogP contribution is 2.28. The van der Waals surface area contributed by atoms with E-state index in [2.05, 4.69) is 6.07 Å². The summed E-state index contributed by atoms with van der Waals surface area (Å²) < 4.78 is 18.0. The normalized spacial score (nSPS) is 13.8. The summed E-state index contributed by atoms with van der Waals surface area (Å²) in [6.07, 6.45) is 3.36. The number of hydrogen-bond acceptors (Lipinski definition) is 2. The molecule has 2 nitrogen and oxygen atoms in total. The lowest BCUT2D eigenvalue weighted by atomic mass is 9.90. The van der Waals surface area contributed by atoms with Gasteiger partial charge in [0.05, 0.1) is 20.6 Å². The van der Waals surface area contributed by atoms with Crippen LogP contribution in [0, 0.1) is 0 Å². The number of ether oxygens (including phenoxy) is 1. The van der Waals surface area contributed by atoms with E-state index < -0.39 is 14.5 Å². The van der Waals surface area contributed by atoms with Crippen molar-refractivity contribution in [1.82, 2.24) is 0 Å². The predicted octanol–water partition coefficient (Wildman–Crippen LogP) is 5.77. The van der Waals surface area contributed by atoms with Crippen molar-refractivity contribution in [2.75, 3.05) is 7.11 Å². The van der Waals surface area contributed by atoms with Crippen LogP contribution in [0.4, 0.5) is 4.20 Å². The first kappa shape index (κ1) is 19.8. The zero-order valence-corrected chi connectivity index (χ0v) is 16.0. The lowest BCUT2D eigenvalue weighted by Crippen LogP contribution is -2.18. The van der Waals surface area contributed by atoms with E-state index in [4.69, 9.17) is 4.74 Å². The molecule has 2 rings (SSSR count). The molecule has 0 heterocycles. The van der Waals surface area contributed by atoms with Gasteiger partial charge in [0.15, 0.2) is 0 Å². The zero-order chi connectivity index (χ0) is 18.3. The van der Waals surface area contributed by atoms with Gasteiger partial charge < -0.3 is 9.84 Å². The highest BCUT2D eigenvalue weighted by molar-refractivity contribution is 7.35. The van der Waals surface area contributed by atoms with Crippen molar-refractivity contribution in [3.63, 3.8) is 0 Å². The third-order valence-electron chi connectivity index (χ3n) is 4.26. The molecule has 0 saturated carbocycles. The smallest absolute Gasteiger partial charge is 0.0911 e. The molecule has 4 heteroatoms. The summed E-state index contributed by atoms with van der Waals surface area (Å²) in [7, 11) is 1.02. The lowest BCUT2D eigenvalue weighted by molar-refractivity contribution is 0.0760. The topological polar surface area (TPSA) is 29.5 Å². The second-order valence-electron chi connectivity index (χ2n) is 6.59. The van der Waals surface area contributed by atoms with Crippen LogP contribution in [0.1, 0.15) is 48.6 Å². The molecule has 134 valence electrons. The monoisotopic (exact) mass is 360 g/mol. The first-order valence-electron chi connectivity index (χ1n) is 8.42. The third-order valence-corrected chi connectivity index (χ3v) is 4.55. The Morgan fingerprint density at radius 1 is 1.20 bits per heavy atom. The average Bonchev–Trinajstić information content (AvgIpc) is 2.60. The first-order chi connectivity index (χ1) is 12.0. The predicted molar refractivity (Wildman–Crippen MR) is 105 cm³/mol. The maximum atomic E-state index is 12.3. The van der Waals surface area contributed by atoms with Crippen molar-refractivity contribution in [3.05, 3.63) is 76.6 Å². The van der Waals surface area contributed by atoms with Gasteiger partial charge in [-0.1, -0.05) is 48.5 Å². The fraction of sp³-hybridized carbons (Fsp3) is 0.333. The van der Waals surface area contributed by atoms with Gasteiger partial charge >= 0.3 is 0 Å². The molecule has 1 unspecified atom stereocenters. The summed E-state index contributed by atoms with van der Waals surface area (Å²) in [5.74, 6) is 1.53. The van der Waals surface area contributed by atoms with Crippen LogP contribution in [0.15, 0.2) is 54.3 Å². The zero-order valence-electron chi connectivity index (χ0n) is 15.0. The van der Waals surface area contributed by atoms with E-state index in [1.807, 2.05) is 42.5 Å². The molecule has 1 N–H and O–H groups in total. The number of aliphatic hydroxyl groups is 1. The Morgan fingerprint density at radius 2 is 1.96 bits per heavy atom. The quantitative estimate of drug-likeness (QED) is 0.606. The average molecular weight is 360 g/mol. The summed E-state index contributed by atoms with van der Waals surface area (Å²) in [6, 6.07) is 16.0. The molecule has 0 amide bonds. The second-order valence-corrected chi connectivity index (χ2v) is 7.14. The molecule has 0 spiro atoms. The molecule has 2 aromatic carbocycles. The summed E-state index contributed by atoms with van der Waals surface area (Å²) in [5.41, 5.74) is 3.27. The van der Waals surface area contributed by atoms with Gasteiger partial charge in [-0.05, 0) is 60.8 Å². The fourth-order valence-corrected chi connectivity index (χ4v) is 3.29. The SMILES string of the molecule is CO[C@@H](CCc1ccccc1C(C)(C)O)c1cccc(/C=C/PF)c1. The van der Waals surface area contributed by atoms with Crippen LogP contribution in [0.5, 0.6) is 0 Å². The Hall–Kier alpha value is -1.54. The van der Waals surface area contributed by atoms with Gasteiger partial charge in [0.25, 0.3) is 0 Å². The van der Waals surface area contributed by atoms with Crippen LogP contribution in [-0.2, 0) is 16.8 Å². The minimum absolute atomic E-state index is 0.0453. The summed E-state index contributed by atoms with van der Waals surface area (Å²) in [4.78, 5) is 0. The summed E-state index contributed by atoms with van der Waals surface area (Å²) >= 11 is 0. The highest BCUT2D eigenvalue weighted by Gasteiger charge is 2.20. The van der Waals surface area contributed by atoms with Crippen LogP contribution in [0.3, 0.4) is 0 Å². The molecular formula is C21H26FO2P. The Bertz CT molecular complexity index is 707. The van der Waals surface area contributed by atoms with Gasteiger partial charge in [-0.3, -0.25) is 0 Å². The molecule has 0 aliphatic heterocycles. The Morgan fingerprint density at radius 3 is 2.64 bits per heavy atom. The number of benzene rings is 2. The van der Waals surface area contributed by atoms with Crippen molar-refractivity contribution in [3.8, 4) is 0 Å². The van der Waals surface area contributed by atoms with Crippen molar-refractivity contribution in [2.24, 2.45) is 0 Å². The van der Waals surface area contributed by atoms with Crippen molar-refractivity contribution in [1.29, 1.82) is 0 Å². The van der Waals surface area contributed by atoms with E-state index in [1.165, 1.54) is 5.82 Å². The third kappa shape index (κ3) is 5.74. The van der Waals surface area contributed by atoms with Gasteiger partial charge in [-0.2, -0.15) is 0 Å². The van der Waals surface area contributed by atoms with Crippen molar-refractivity contribution >= 4 is 15.0 Å². The maximum absolute atomic E-state index is 12.3. The van der Waals surface area contributed by atoms with Gasteiger partial charge in [-0.25, -0.2) is 4.20 Å². The Labute approximate surface area is 151 Å². The number of rotatable bonds is 8. The van der Waals surface area contributed by atoms with Crippen molar-refractivity contribution < 1.29 is 14.0 Å². The molecule has 0 aromatic heterocycles. The number of halogens is 1. The number of aryl methyl sites for hydroxylation is 1. The van der Waals surface area contributed by atoms with E-state index in [9.17, 15) is 9.30 Å². The maximum Gasteiger partial charge on any atom is 0.0911 e. The van der Waals surface area contributed by atoms with Crippen LogP contribution in [-0.4, -0.2) is 12.2 Å². The van der Waals surface area contributed by atoms with Crippen LogP contribution < -0.4 is 0 Å². The Balaban J connectivity index is 2.15. The lowest BCUT2D eigenvalue weighted by Gasteiger charge is -2.23. The second kappa shape index (κ2) is 9.24. The molecule has 0 bridgehead atoms. The molecule has 0 radical (unpaired) electrons. The molecule has 0 fully saturated rings. The molecule has 2 aromatic rings. The van der Waals surface area contributed by atoms with Gasteiger partial charge in [0, 0.05) is 7.11 Å². The molecule has 0 aliphatic rings. The van der Waals surface area contributed by atoms with Gasteiger partial charge in [0.1, 0.15) is 0 Å². The van der Waals surface area contributed by atoms with E-state index in [-0.39, 0.29) is 6.10 Å². The summed E-state index contributed by atoms with van der Waals surface area (Å²) in [6.45, 7) is 3.61. The Kier molecular flexibility index (Phi) is 7.31. The van der Waals surface area contributed by atoms with Crippen molar-refractivity contribution in [2.45, 2.75) is 38.4 Å². The van der Waals surface area contributed by atoms with E-state index >= 15 is 0 Å². The van der Waals surface area contributed by atoms with Gasteiger partial charge in [-0.15, -0.1) is 0 Å². The van der Waals surface area contributed by atoms with E-state index in [0.29, 0.717) is 0 Å². The molecular weight excluding hydrogens is 334 g/mol. The highest BCUT2D eigenvalue weighted by atomic mass is 31.1. The number of methoxy groups -OCH3 is 1. The molecule has 0 saturated heterocycles. The minimum atomic E-state index is -0.864. The van der Waals surface area contributed by atoms with Gasteiger partial charge in [0.2, 0.25) is 0 Å². The minimum Gasteiger partial charge on any atom is -0.386 e. The van der Waals surface area contributed by atoms with Crippen LogP contribution in [0.2, 0.25) is 0 Å². The van der Waals surface area contributed by atoms with E-state index in [1.54, 1.807) is 27.0 Å². The van der Waals surface area contributed by atoms with E-state index in [0.717, 1.165) is 35.1 Å². The fourth-order valence-electron chi connectivity index (χ4n) is 3.03. The van der Waals surface area contributed by atoms with Crippen LogP contribution in [0.25, 0.3) is 6.08 Å². The first-order valence-corrected chi connectivity index (χ1v) is 9.37.